The Morgan fingerprint density at radius 3 is 1.05 bits per heavy atom. The van der Waals surface area contributed by atoms with Crippen LogP contribution in [0.5, 0.6) is 0 Å². The van der Waals surface area contributed by atoms with Gasteiger partial charge in [0.1, 0.15) is 0 Å². The van der Waals surface area contributed by atoms with Gasteiger partial charge in [-0.1, -0.05) is 123 Å². The van der Waals surface area contributed by atoms with Gasteiger partial charge in [-0.15, -0.1) is 0 Å². The normalized spacial score (nSPS) is 12.9. The first-order chi connectivity index (χ1) is 31.7. The molecule has 0 aromatic heterocycles. The third-order valence-corrected chi connectivity index (χ3v) is 24.4. The maximum absolute atomic E-state index is 15.7. The minimum Gasteiger partial charge on any atom is -0.0654 e. The van der Waals surface area contributed by atoms with Crippen molar-refractivity contribution in [3.8, 4) is 0 Å². The minimum atomic E-state index is -4.05. The second-order valence-corrected chi connectivity index (χ2v) is 28.6. The number of aryl methyl sites for hydroxylation is 1. The zero-order valence-electron chi connectivity index (χ0n) is 44.6. The average Bonchev–Trinajstić information content (AvgIpc) is 3.31. The van der Waals surface area contributed by atoms with E-state index < -0.39 is 16.9 Å². The molecule has 0 bridgehead atoms. The molecule has 0 N–H and O–H groups in total. The molecule has 2 aromatic rings. The van der Waals surface area contributed by atoms with Crippen molar-refractivity contribution in [1.29, 1.82) is 0 Å². The Balaban J connectivity index is 2.27. The number of rotatable bonds is 47. The summed E-state index contributed by atoms with van der Waals surface area (Å²) < 4.78 is 38.7. The van der Waals surface area contributed by atoms with Crippen LogP contribution >= 0.6 is 6.83 Å². The van der Waals surface area contributed by atoms with Gasteiger partial charge in [-0.25, -0.2) is 0 Å². The smallest absolute Gasteiger partial charge is 0.0654 e. The molecule has 3 nitrogen and oxygen atoms in total. The van der Waals surface area contributed by atoms with Gasteiger partial charge < -0.3 is 0 Å². The van der Waals surface area contributed by atoms with Crippen molar-refractivity contribution < 1.29 is 12.4 Å². The van der Waals surface area contributed by atoms with E-state index in [1.807, 2.05) is 0 Å². The summed E-state index contributed by atoms with van der Waals surface area (Å²) in [6, 6.07) is 10.8. The van der Waals surface area contributed by atoms with Gasteiger partial charge >= 0.3 is 286 Å². The van der Waals surface area contributed by atoms with E-state index in [9.17, 15) is 0 Å². The van der Waals surface area contributed by atoms with Gasteiger partial charge in [-0.2, -0.15) is 0 Å². The summed E-state index contributed by atoms with van der Waals surface area (Å²) >= 11 is 0. The van der Waals surface area contributed by atoms with E-state index in [0.29, 0.717) is 4.90 Å². The maximum atomic E-state index is 15.7. The van der Waals surface area contributed by atoms with Crippen LogP contribution in [0, 0.1) is 0 Å². The molecule has 65 heavy (non-hydrogen) atoms. The SMILES string of the molecule is CCCCCCCCCCCCCCCCCc1cc2ccccc2c(S(=O)(=O)OP(CCCC)(CCCC)(CCCC)CCCC)c1CCCCCCCCCCCCCCCCC. The van der Waals surface area contributed by atoms with E-state index in [-0.39, 0.29) is 0 Å². The summed E-state index contributed by atoms with van der Waals surface area (Å²) in [6.45, 7) is 10.6. The Hall–Kier alpha value is -0.960. The van der Waals surface area contributed by atoms with Crippen molar-refractivity contribution >= 4 is 27.7 Å². The molecule has 0 heterocycles. The van der Waals surface area contributed by atoms with Gasteiger partial charge in [0.25, 0.3) is 0 Å². The topological polar surface area (TPSA) is 43.4 Å². The van der Waals surface area contributed by atoms with Gasteiger partial charge in [0, 0.05) is 0 Å². The summed E-state index contributed by atoms with van der Waals surface area (Å²) in [7, 11) is -4.05. The average molecular weight is 944 g/mol. The van der Waals surface area contributed by atoms with Crippen molar-refractivity contribution in [3.63, 3.8) is 0 Å². The molecular formula is C60H111O3PS. The predicted octanol–water partition coefficient (Wildman–Crippen LogP) is 21.0. The van der Waals surface area contributed by atoms with Gasteiger partial charge in [0.15, 0.2) is 0 Å². The fraction of sp³-hybridized carbons (Fsp3) is 0.833. The second-order valence-electron chi connectivity index (χ2n) is 21.2. The van der Waals surface area contributed by atoms with Crippen LogP contribution < -0.4 is 0 Å². The Kier molecular flexibility index (Phi) is 35.1. The predicted molar refractivity (Wildman–Crippen MR) is 296 cm³/mol. The molecular weight excluding hydrogens is 832 g/mol. The van der Waals surface area contributed by atoms with Crippen molar-refractivity contribution in [2.75, 3.05) is 24.6 Å². The van der Waals surface area contributed by atoms with Crippen LogP contribution in [0.1, 0.15) is 297 Å². The Labute approximate surface area is 407 Å². The first-order valence-electron chi connectivity index (χ1n) is 29.3. The molecule has 2 aromatic carbocycles. The molecule has 0 spiro atoms. The summed E-state index contributed by atoms with van der Waals surface area (Å²) in [5, 5.41) is 1.95. The zero-order chi connectivity index (χ0) is 47.2. The summed E-state index contributed by atoms with van der Waals surface area (Å²) in [5.41, 5.74) is 2.37. The van der Waals surface area contributed by atoms with Crippen LogP contribution in [0.3, 0.4) is 0 Å². The molecule has 0 amide bonds. The third kappa shape index (κ3) is 24.9. The van der Waals surface area contributed by atoms with Crippen LogP contribution in [0.15, 0.2) is 35.2 Å². The van der Waals surface area contributed by atoms with Crippen LogP contribution in [0.25, 0.3) is 10.8 Å². The summed E-state index contributed by atoms with van der Waals surface area (Å²) in [5.74, 6) is 0. The molecule has 0 saturated heterocycles. The molecule has 0 aliphatic heterocycles. The Morgan fingerprint density at radius 1 is 0.385 bits per heavy atom. The number of hydrogen-bond acceptors (Lipinski definition) is 3. The van der Waals surface area contributed by atoms with Crippen molar-refractivity contribution in [2.45, 2.75) is 303 Å². The zero-order valence-corrected chi connectivity index (χ0v) is 46.3. The molecule has 0 aliphatic carbocycles. The molecule has 0 radical (unpaired) electrons. The monoisotopic (exact) mass is 943 g/mol. The van der Waals surface area contributed by atoms with Gasteiger partial charge in [0.05, 0.1) is 0 Å². The standard InChI is InChI=1S/C60H111O3PS/c1-7-13-19-21-23-25-27-29-31-33-35-37-39-41-43-47-56-55-57-48-45-46-50-59(57)60(58(56)49-44-42-40-38-36-34-32-30-28-26-24-22-20-14-8-2)65(61,62)63-64(51-15-9-3,52-16-10-4,53-17-11-5)54-18-12-6/h45-46,48,50,55H,7-44,47,49,51-54H2,1-6H3. The molecule has 0 fully saturated rings. The van der Waals surface area contributed by atoms with Gasteiger partial charge in [-0.05, 0) is 0 Å². The van der Waals surface area contributed by atoms with Crippen molar-refractivity contribution in [1.82, 2.24) is 0 Å². The van der Waals surface area contributed by atoms with Gasteiger partial charge in [0.2, 0.25) is 0 Å². The molecule has 0 unspecified atom stereocenters. The summed E-state index contributed by atoms with van der Waals surface area (Å²) in [6.07, 6.45) is 54.5. The molecule has 5 heteroatoms. The van der Waals surface area contributed by atoms with Crippen LogP contribution in [0.2, 0.25) is 0 Å². The number of hydrogen-bond donors (Lipinski definition) is 0. The molecule has 2 rings (SSSR count). The van der Waals surface area contributed by atoms with Crippen molar-refractivity contribution in [3.05, 3.63) is 41.5 Å². The molecule has 0 saturated carbocycles. The fourth-order valence-corrected chi connectivity index (χ4v) is 21.4. The first-order valence-corrected chi connectivity index (χ1v) is 33.6. The van der Waals surface area contributed by atoms with E-state index in [2.05, 4.69) is 71.9 Å². The fourth-order valence-electron chi connectivity index (χ4n) is 10.9. The molecule has 380 valence electrons. The Bertz CT molecular complexity index is 1490. The first kappa shape index (κ1) is 60.2. The number of benzene rings is 2. The van der Waals surface area contributed by atoms with Crippen LogP contribution in [0.4, 0.5) is 0 Å². The van der Waals surface area contributed by atoms with E-state index >= 15 is 8.42 Å². The molecule has 0 aliphatic rings. The van der Waals surface area contributed by atoms with E-state index in [1.54, 1.807) is 0 Å². The number of fused-ring (bicyclic) bond motifs is 1. The summed E-state index contributed by atoms with van der Waals surface area (Å²) in [4.78, 5) is 0.548. The van der Waals surface area contributed by atoms with Crippen molar-refractivity contribution in [2.24, 2.45) is 0 Å². The van der Waals surface area contributed by atoms with E-state index in [1.165, 1.54) is 185 Å². The quantitative estimate of drug-likeness (QED) is 0.0490. The van der Waals surface area contributed by atoms with Crippen LogP contribution in [-0.4, -0.2) is 33.1 Å². The van der Waals surface area contributed by atoms with Gasteiger partial charge in [-0.3, -0.25) is 0 Å². The number of unbranched alkanes of at least 4 members (excludes halogenated alkanes) is 32. The third-order valence-electron chi connectivity index (χ3n) is 15.1. The van der Waals surface area contributed by atoms with E-state index in [4.69, 9.17) is 3.97 Å². The molecule has 0 atom stereocenters. The van der Waals surface area contributed by atoms with Crippen LogP contribution in [-0.2, 0) is 26.9 Å². The second kappa shape index (κ2) is 37.9. The minimum absolute atomic E-state index is 0.548. The Morgan fingerprint density at radius 2 is 0.692 bits per heavy atom. The van der Waals surface area contributed by atoms with E-state index in [0.717, 1.165) is 118 Å².